The summed E-state index contributed by atoms with van der Waals surface area (Å²) in [4.78, 5) is 12.0. The number of carbonyl (C=O) groups is 1. The van der Waals surface area contributed by atoms with E-state index in [9.17, 15) is 4.79 Å². The minimum atomic E-state index is -0.0521. The smallest absolute Gasteiger partial charge is 0.234 e. The molecule has 0 spiro atoms. The number of amides is 1. The van der Waals surface area contributed by atoms with Gasteiger partial charge in [-0.3, -0.25) is 4.79 Å². The van der Waals surface area contributed by atoms with Crippen LogP contribution < -0.4 is 5.32 Å². The molecule has 21 heavy (non-hydrogen) atoms. The third-order valence-electron chi connectivity index (χ3n) is 2.89. The van der Waals surface area contributed by atoms with Gasteiger partial charge in [-0.15, -0.1) is 10.2 Å². The van der Waals surface area contributed by atoms with Crippen LogP contribution in [0, 0.1) is 6.92 Å². The van der Waals surface area contributed by atoms with E-state index < -0.39 is 0 Å². The van der Waals surface area contributed by atoms with Gasteiger partial charge in [-0.25, -0.2) is 0 Å². The summed E-state index contributed by atoms with van der Waals surface area (Å²) in [5, 5.41) is 11.6. The van der Waals surface area contributed by atoms with Gasteiger partial charge in [0.25, 0.3) is 0 Å². The van der Waals surface area contributed by atoms with E-state index in [4.69, 9.17) is 0 Å². The average molecular weight is 369 g/mol. The second-order valence-electron chi connectivity index (χ2n) is 4.91. The molecule has 0 aliphatic heterocycles. The Labute approximate surface area is 136 Å². The molecule has 0 aliphatic rings. The molecule has 0 atom stereocenters. The molecule has 1 aromatic carbocycles. The summed E-state index contributed by atoms with van der Waals surface area (Å²) in [5.41, 5.74) is 1.85. The fourth-order valence-electron chi connectivity index (χ4n) is 1.77. The molecule has 1 aromatic heterocycles. The molecule has 112 valence electrons. The predicted octanol–water partition coefficient (Wildman–Crippen LogP) is 3.66. The number of anilines is 1. The van der Waals surface area contributed by atoms with Gasteiger partial charge in [-0.2, -0.15) is 0 Å². The Bertz CT molecular complexity index is 642. The first-order valence-corrected chi connectivity index (χ1v) is 8.33. The van der Waals surface area contributed by atoms with Crippen LogP contribution in [0.4, 0.5) is 5.69 Å². The maximum absolute atomic E-state index is 12.0. The summed E-state index contributed by atoms with van der Waals surface area (Å²) in [6.45, 7) is 6.07. The van der Waals surface area contributed by atoms with E-state index in [1.165, 1.54) is 11.8 Å². The fourth-order valence-corrected chi connectivity index (χ4v) is 3.09. The maximum Gasteiger partial charge on any atom is 0.234 e. The van der Waals surface area contributed by atoms with Crippen LogP contribution in [0.1, 0.15) is 25.5 Å². The Balaban J connectivity index is 1.94. The molecule has 1 N–H and O–H groups in total. The number of thioether (sulfide) groups is 1. The Morgan fingerprint density at radius 2 is 2.24 bits per heavy atom. The minimum Gasteiger partial charge on any atom is -0.325 e. The van der Waals surface area contributed by atoms with E-state index in [0.29, 0.717) is 5.75 Å². The summed E-state index contributed by atoms with van der Waals surface area (Å²) < 4.78 is 2.94. The lowest BCUT2D eigenvalue weighted by molar-refractivity contribution is -0.113. The topological polar surface area (TPSA) is 59.8 Å². The van der Waals surface area contributed by atoms with E-state index in [1.54, 1.807) is 6.33 Å². The first kappa shape index (κ1) is 16.0. The van der Waals surface area contributed by atoms with Gasteiger partial charge >= 0.3 is 0 Å². The minimum absolute atomic E-state index is 0.0521. The standard InChI is InChI=1S/C14H17BrN4OS/c1-9(2)19-8-16-18-14(19)21-7-13(20)17-12-5-4-11(15)6-10(12)3/h4-6,8-9H,7H2,1-3H3,(H,17,20). The number of benzene rings is 1. The molecule has 0 bridgehead atoms. The predicted molar refractivity (Wildman–Crippen MR) is 88.6 cm³/mol. The van der Waals surface area contributed by atoms with Gasteiger partial charge in [0.15, 0.2) is 5.16 Å². The number of carbonyl (C=O) groups excluding carboxylic acids is 1. The highest BCUT2D eigenvalue weighted by molar-refractivity contribution is 9.10. The molecule has 0 saturated carbocycles. The van der Waals surface area contributed by atoms with Crippen LogP contribution in [0.3, 0.4) is 0 Å². The molecule has 2 aromatic rings. The van der Waals surface area contributed by atoms with Gasteiger partial charge in [0.2, 0.25) is 5.91 Å². The van der Waals surface area contributed by atoms with Gasteiger partial charge in [0.05, 0.1) is 5.75 Å². The lowest BCUT2D eigenvalue weighted by Gasteiger charge is -2.10. The SMILES string of the molecule is Cc1cc(Br)ccc1NC(=O)CSc1nncn1C(C)C. The number of nitrogens with one attached hydrogen (secondary N) is 1. The number of aromatic nitrogens is 3. The monoisotopic (exact) mass is 368 g/mol. The highest BCUT2D eigenvalue weighted by Crippen LogP contribution is 2.22. The Hall–Kier alpha value is -1.34. The normalized spacial score (nSPS) is 10.9. The van der Waals surface area contributed by atoms with Crippen molar-refractivity contribution in [2.24, 2.45) is 0 Å². The van der Waals surface area contributed by atoms with Crippen molar-refractivity contribution < 1.29 is 4.79 Å². The second kappa shape index (κ2) is 7.09. The van der Waals surface area contributed by atoms with E-state index in [1.807, 2.05) is 29.7 Å². The van der Waals surface area contributed by atoms with E-state index in [0.717, 1.165) is 20.9 Å². The second-order valence-corrected chi connectivity index (χ2v) is 6.77. The number of halogens is 1. The molecule has 1 heterocycles. The summed E-state index contributed by atoms with van der Waals surface area (Å²) in [6, 6.07) is 6.04. The first-order chi connectivity index (χ1) is 9.97. The molecule has 0 unspecified atom stereocenters. The Morgan fingerprint density at radius 3 is 2.90 bits per heavy atom. The molecule has 5 nitrogen and oxygen atoms in total. The van der Waals surface area contributed by atoms with Gasteiger partial charge in [-0.1, -0.05) is 27.7 Å². The van der Waals surface area contributed by atoms with Gasteiger partial charge in [0, 0.05) is 16.2 Å². The summed E-state index contributed by atoms with van der Waals surface area (Å²) >= 11 is 4.79. The molecule has 2 rings (SSSR count). The van der Waals surface area contributed by atoms with E-state index >= 15 is 0 Å². The van der Waals surface area contributed by atoms with Crippen molar-refractivity contribution in [2.75, 3.05) is 11.1 Å². The largest absolute Gasteiger partial charge is 0.325 e. The van der Waals surface area contributed by atoms with Crippen LogP contribution in [0.15, 0.2) is 34.2 Å². The molecular weight excluding hydrogens is 352 g/mol. The average Bonchev–Trinajstić information content (AvgIpc) is 2.88. The van der Waals surface area contributed by atoms with Crippen LogP contribution in [0.2, 0.25) is 0 Å². The molecule has 0 aliphatic carbocycles. The third-order valence-corrected chi connectivity index (χ3v) is 4.34. The highest BCUT2D eigenvalue weighted by Gasteiger charge is 2.11. The highest BCUT2D eigenvalue weighted by atomic mass is 79.9. The van der Waals surface area contributed by atoms with E-state index in [-0.39, 0.29) is 11.9 Å². The number of hydrogen-bond donors (Lipinski definition) is 1. The summed E-state index contributed by atoms with van der Waals surface area (Å²) in [6.07, 6.45) is 1.68. The number of rotatable bonds is 5. The zero-order valence-electron chi connectivity index (χ0n) is 12.1. The Morgan fingerprint density at radius 1 is 1.48 bits per heavy atom. The zero-order chi connectivity index (χ0) is 15.4. The summed E-state index contributed by atoms with van der Waals surface area (Å²) in [5.74, 6) is 0.254. The first-order valence-electron chi connectivity index (χ1n) is 6.55. The lowest BCUT2D eigenvalue weighted by atomic mass is 10.2. The van der Waals surface area contributed by atoms with Crippen molar-refractivity contribution >= 4 is 39.3 Å². The lowest BCUT2D eigenvalue weighted by Crippen LogP contribution is -2.15. The van der Waals surface area contributed by atoms with Gasteiger partial charge < -0.3 is 9.88 Å². The molecule has 1 amide bonds. The van der Waals surface area contributed by atoms with E-state index in [2.05, 4.69) is 45.3 Å². The molecule has 0 fully saturated rings. The van der Waals surface area contributed by atoms with Crippen molar-refractivity contribution in [3.05, 3.63) is 34.6 Å². The molecule has 7 heteroatoms. The van der Waals surface area contributed by atoms with Crippen molar-refractivity contribution in [3.63, 3.8) is 0 Å². The van der Waals surface area contributed by atoms with Gasteiger partial charge in [0.1, 0.15) is 6.33 Å². The van der Waals surface area contributed by atoms with Crippen LogP contribution in [0.25, 0.3) is 0 Å². The quantitative estimate of drug-likeness (QED) is 0.818. The Kier molecular flexibility index (Phi) is 5.41. The number of nitrogens with zero attached hydrogens (tertiary/aromatic N) is 3. The molecule has 0 saturated heterocycles. The van der Waals surface area contributed by atoms with Crippen molar-refractivity contribution in [3.8, 4) is 0 Å². The van der Waals surface area contributed by atoms with Crippen molar-refractivity contribution in [1.82, 2.24) is 14.8 Å². The summed E-state index contributed by atoms with van der Waals surface area (Å²) in [7, 11) is 0. The maximum atomic E-state index is 12.0. The van der Waals surface area contributed by atoms with Crippen LogP contribution in [0.5, 0.6) is 0 Å². The zero-order valence-corrected chi connectivity index (χ0v) is 14.5. The molecular formula is C14H17BrN4OS. The third kappa shape index (κ3) is 4.31. The van der Waals surface area contributed by atoms with Crippen LogP contribution in [-0.2, 0) is 4.79 Å². The van der Waals surface area contributed by atoms with Crippen molar-refractivity contribution in [1.29, 1.82) is 0 Å². The number of hydrogen-bond acceptors (Lipinski definition) is 4. The number of aryl methyl sites for hydroxylation is 1. The van der Waals surface area contributed by atoms with Crippen LogP contribution >= 0.6 is 27.7 Å². The fraction of sp³-hybridized carbons (Fsp3) is 0.357. The molecule has 0 radical (unpaired) electrons. The van der Waals surface area contributed by atoms with Crippen LogP contribution in [-0.4, -0.2) is 26.4 Å². The van der Waals surface area contributed by atoms with Gasteiger partial charge in [-0.05, 0) is 44.5 Å². The van der Waals surface area contributed by atoms with Crippen molar-refractivity contribution in [2.45, 2.75) is 32.0 Å².